The zero-order chi connectivity index (χ0) is 16.8. The van der Waals surface area contributed by atoms with E-state index < -0.39 is 0 Å². The number of benzene rings is 1. The summed E-state index contributed by atoms with van der Waals surface area (Å²) >= 11 is 0. The van der Waals surface area contributed by atoms with E-state index in [0.717, 1.165) is 50.4 Å². The third-order valence-corrected chi connectivity index (χ3v) is 4.81. The van der Waals surface area contributed by atoms with Crippen LogP contribution in [0.5, 0.6) is 5.75 Å². The van der Waals surface area contributed by atoms with Crippen LogP contribution >= 0.6 is 0 Å². The predicted molar refractivity (Wildman–Crippen MR) is 100 cm³/mol. The van der Waals surface area contributed by atoms with Gasteiger partial charge in [0.05, 0.1) is 7.11 Å². The van der Waals surface area contributed by atoms with Crippen LogP contribution in [-0.4, -0.2) is 45.8 Å². The molecule has 2 N–H and O–H groups in total. The Hall–Kier alpha value is -1.91. The second-order valence-electron chi connectivity index (χ2n) is 6.85. The van der Waals surface area contributed by atoms with E-state index in [9.17, 15) is 0 Å². The Morgan fingerprint density at radius 3 is 2.88 bits per heavy atom. The number of anilines is 1. The number of nitrogens with one attached hydrogen (secondary N) is 2. The van der Waals surface area contributed by atoms with E-state index in [1.165, 1.54) is 24.9 Å². The highest BCUT2D eigenvalue weighted by Gasteiger charge is 2.23. The highest BCUT2D eigenvalue weighted by atomic mass is 16.5. The monoisotopic (exact) mass is 330 g/mol. The molecule has 0 spiro atoms. The van der Waals surface area contributed by atoms with Crippen molar-refractivity contribution >= 4 is 11.6 Å². The number of nitrogens with zero attached hydrogens (tertiary/aromatic N) is 2. The number of guanidine groups is 1. The van der Waals surface area contributed by atoms with E-state index in [1.807, 2.05) is 6.07 Å². The smallest absolute Gasteiger partial charge is 0.191 e. The first-order chi connectivity index (χ1) is 11.8. The molecule has 2 aliphatic rings. The normalized spacial score (nSPS) is 21.0. The molecule has 1 atom stereocenters. The zero-order valence-electron chi connectivity index (χ0n) is 14.9. The van der Waals surface area contributed by atoms with Gasteiger partial charge in [0.2, 0.25) is 0 Å². The molecule has 1 aromatic carbocycles. The molecule has 0 amide bonds. The van der Waals surface area contributed by atoms with Gasteiger partial charge in [-0.15, -0.1) is 0 Å². The molecule has 5 heteroatoms. The summed E-state index contributed by atoms with van der Waals surface area (Å²) in [5, 5.41) is 6.83. The van der Waals surface area contributed by atoms with Crippen LogP contribution in [0.15, 0.2) is 29.3 Å². The summed E-state index contributed by atoms with van der Waals surface area (Å²) < 4.78 is 5.33. The van der Waals surface area contributed by atoms with Gasteiger partial charge in [-0.2, -0.15) is 0 Å². The lowest BCUT2D eigenvalue weighted by Gasteiger charge is -2.19. The van der Waals surface area contributed by atoms with Crippen molar-refractivity contribution in [3.05, 3.63) is 24.3 Å². The van der Waals surface area contributed by atoms with E-state index in [-0.39, 0.29) is 0 Å². The molecule has 5 nitrogen and oxygen atoms in total. The van der Waals surface area contributed by atoms with Crippen molar-refractivity contribution in [1.29, 1.82) is 0 Å². The zero-order valence-corrected chi connectivity index (χ0v) is 14.9. The number of aliphatic imine (C=N–C) groups is 1. The summed E-state index contributed by atoms with van der Waals surface area (Å²) in [6.07, 6.45) is 3.93. The fourth-order valence-corrected chi connectivity index (χ4v) is 3.15. The quantitative estimate of drug-likeness (QED) is 0.596. The molecule has 1 saturated carbocycles. The van der Waals surface area contributed by atoms with Crippen LogP contribution in [0.4, 0.5) is 5.69 Å². The Morgan fingerprint density at radius 2 is 2.12 bits per heavy atom. The molecule has 1 unspecified atom stereocenters. The second-order valence-corrected chi connectivity index (χ2v) is 6.85. The van der Waals surface area contributed by atoms with Crippen molar-refractivity contribution in [2.24, 2.45) is 16.8 Å². The summed E-state index contributed by atoms with van der Waals surface area (Å²) in [6, 6.07) is 8.34. The number of hydrogen-bond acceptors (Lipinski definition) is 3. The molecule has 1 heterocycles. The second kappa shape index (κ2) is 8.27. The Balaban J connectivity index is 1.51. The Kier molecular flexibility index (Phi) is 5.83. The summed E-state index contributed by atoms with van der Waals surface area (Å²) in [6.45, 7) is 7.15. The Morgan fingerprint density at radius 1 is 1.25 bits per heavy atom. The fraction of sp³-hybridized carbons (Fsp3) is 0.632. The van der Waals surface area contributed by atoms with Gasteiger partial charge in [-0.25, -0.2) is 0 Å². The number of rotatable bonds is 7. The van der Waals surface area contributed by atoms with E-state index in [1.54, 1.807) is 7.11 Å². The lowest BCUT2D eigenvalue weighted by Crippen LogP contribution is -2.38. The van der Waals surface area contributed by atoms with Crippen LogP contribution in [0.2, 0.25) is 0 Å². The van der Waals surface area contributed by atoms with Crippen molar-refractivity contribution in [3.63, 3.8) is 0 Å². The predicted octanol–water partition coefficient (Wildman–Crippen LogP) is 2.49. The van der Waals surface area contributed by atoms with Crippen molar-refractivity contribution in [3.8, 4) is 5.75 Å². The first-order valence-electron chi connectivity index (χ1n) is 9.19. The highest BCUT2D eigenvalue weighted by molar-refractivity contribution is 5.79. The molecule has 0 aromatic heterocycles. The highest BCUT2D eigenvalue weighted by Crippen LogP contribution is 2.28. The lowest BCUT2D eigenvalue weighted by molar-refractivity contribution is 0.415. The molecule has 24 heavy (non-hydrogen) atoms. The van der Waals surface area contributed by atoms with Crippen molar-refractivity contribution in [2.75, 3.05) is 44.7 Å². The molecule has 1 saturated heterocycles. The van der Waals surface area contributed by atoms with Crippen LogP contribution < -0.4 is 20.3 Å². The van der Waals surface area contributed by atoms with Crippen molar-refractivity contribution in [1.82, 2.24) is 10.6 Å². The minimum Gasteiger partial charge on any atom is -0.497 e. The molecule has 3 rings (SSSR count). The number of methoxy groups -OCH3 is 1. The summed E-state index contributed by atoms with van der Waals surface area (Å²) in [4.78, 5) is 7.24. The molecule has 1 aliphatic carbocycles. The Labute approximate surface area is 145 Å². The van der Waals surface area contributed by atoms with Gasteiger partial charge in [-0.1, -0.05) is 6.07 Å². The average Bonchev–Trinajstić information content (AvgIpc) is 3.33. The first kappa shape index (κ1) is 16.9. The molecule has 1 aliphatic heterocycles. The van der Waals surface area contributed by atoms with Crippen molar-refractivity contribution in [2.45, 2.75) is 26.2 Å². The van der Waals surface area contributed by atoms with Gasteiger partial charge in [-0.05, 0) is 50.2 Å². The standard InChI is InChI=1S/C19H30N4O/c1-3-20-19(21-12-15-7-8-15)22-13-16-9-10-23(14-16)17-5-4-6-18(11-17)24-2/h4-6,11,15-16H,3,7-10,12-14H2,1-2H3,(H2,20,21,22). The largest absolute Gasteiger partial charge is 0.497 e. The van der Waals surface area contributed by atoms with Crippen LogP contribution in [0.1, 0.15) is 26.2 Å². The molecule has 2 fully saturated rings. The summed E-state index contributed by atoms with van der Waals surface area (Å²) in [7, 11) is 1.72. The molecular weight excluding hydrogens is 300 g/mol. The molecule has 1 aromatic rings. The van der Waals surface area contributed by atoms with Crippen molar-refractivity contribution < 1.29 is 4.74 Å². The maximum absolute atomic E-state index is 5.33. The maximum atomic E-state index is 5.33. The van der Waals surface area contributed by atoms with Crippen LogP contribution in [0.25, 0.3) is 0 Å². The minimum atomic E-state index is 0.618. The van der Waals surface area contributed by atoms with E-state index in [0.29, 0.717) is 5.92 Å². The molecule has 0 bridgehead atoms. The SMILES string of the molecule is CCNC(=NCC1CCN(c2cccc(OC)c2)C1)NCC1CC1. The third kappa shape index (κ3) is 4.79. The summed E-state index contributed by atoms with van der Waals surface area (Å²) in [5.74, 6) is 3.38. The average molecular weight is 330 g/mol. The topological polar surface area (TPSA) is 48.9 Å². The minimum absolute atomic E-state index is 0.618. The fourth-order valence-electron chi connectivity index (χ4n) is 3.15. The molecule has 0 radical (unpaired) electrons. The van der Waals surface area contributed by atoms with Crippen LogP contribution in [0, 0.1) is 11.8 Å². The molecule has 132 valence electrons. The first-order valence-corrected chi connectivity index (χ1v) is 9.19. The van der Waals surface area contributed by atoms with Gasteiger partial charge >= 0.3 is 0 Å². The van der Waals surface area contributed by atoms with Gasteiger partial charge in [0.1, 0.15) is 5.75 Å². The van der Waals surface area contributed by atoms with Gasteiger partial charge < -0.3 is 20.3 Å². The van der Waals surface area contributed by atoms with Gasteiger partial charge in [0.25, 0.3) is 0 Å². The molecular formula is C19H30N4O. The number of hydrogen-bond donors (Lipinski definition) is 2. The summed E-state index contributed by atoms with van der Waals surface area (Å²) in [5.41, 5.74) is 1.25. The maximum Gasteiger partial charge on any atom is 0.191 e. The van der Waals surface area contributed by atoms with E-state index >= 15 is 0 Å². The number of ether oxygens (including phenoxy) is 1. The van der Waals surface area contributed by atoms with Gasteiger partial charge in [0.15, 0.2) is 5.96 Å². The van der Waals surface area contributed by atoms with E-state index in [4.69, 9.17) is 9.73 Å². The Bertz CT molecular complexity index is 556. The van der Waals surface area contributed by atoms with Gasteiger partial charge in [0, 0.05) is 44.5 Å². The van der Waals surface area contributed by atoms with Crippen LogP contribution in [0.3, 0.4) is 0 Å². The third-order valence-electron chi connectivity index (χ3n) is 4.81. The van der Waals surface area contributed by atoms with E-state index in [2.05, 4.69) is 40.7 Å². The lowest BCUT2D eigenvalue weighted by atomic mass is 10.1. The van der Waals surface area contributed by atoms with Gasteiger partial charge in [-0.3, -0.25) is 4.99 Å². The van der Waals surface area contributed by atoms with Crippen LogP contribution in [-0.2, 0) is 0 Å².